The molecule has 2 aliphatic heterocycles. The van der Waals surface area contributed by atoms with Gasteiger partial charge >= 0.3 is 0 Å². The summed E-state index contributed by atoms with van der Waals surface area (Å²) in [6.45, 7) is 9.80. The Labute approximate surface area is 307 Å². The molecule has 0 unspecified atom stereocenters. The highest BCUT2D eigenvalue weighted by Gasteiger charge is 2.74. The van der Waals surface area contributed by atoms with E-state index in [4.69, 9.17) is 23.7 Å². The third-order valence-electron chi connectivity index (χ3n) is 15.1. The normalized spacial score (nSPS) is 53.3. The van der Waals surface area contributed by atoms with Crippen LogP contribution in [-0.2, 0) is 23.7 Å². The van der Waals surface area contributed by atoms with Crippen LogP contribution < -0.4 is 0 Å². The first-order valence-corrected chi connectivity index (χ1v) is 19.6. The largest absolute Gasteiger partial charge is 0.394 e. The predicted molar refractivity (Wildman–Crippen MR) is 184 cm³/mol. The summed E-state index contributed by atoms with van der Waals surface area (Å²) in [6, 6.07) is 0. The standard InChI is InChI=1S/C38H66O14/c1-18(2)24(51-33-30(45)29(44)25(16-39)52-33)8-7-19(3)21-13-22(40)32-35(21,4)11-10-26-36(5)12-9-20(14-38(36,47)27(42)15-37(26,32)46)50-34-31(48-6)28(43)23(41)17-49-34/h18-34,39-47H,7-17H2,1-6H3/t19-,20+,21-,22+,23-,24+,25-,26-,27-,28+,29-,30+,31-,32-,33+,34+,35-,36-,37+,38+/m1/s1. The maximum absolute atomic E-state index is 12.8. The molecule has 4 saturated carbocycles. The molecule has 20 atom stereocenters. The lowest BCUT2D eigenvalue weighted by Crippen LogP contribution is -2.75. The molecule has 9 N–H and O–H groups in total. The molecule has 6 rings (SSSR count). The van der Waals surface area contributed by atoms with Gasteiger partial charge in [0.25, 0.3) is 0 Å². The Bertz CT molecular complexity index is 1230. The van der Waals surface area contributed by atoms with Crippen LogP contribution in [0.15, 0.2) is 0 Å². The average Bonchev–Trinajstić information content (AvgIpc) is 3.52. The lowest BCUT2D eigenvalue weighted by atomic mass is 9.40. The highest BCUT2D eigenvalue weighted by molar-refractivity contribution is 5.24. The minimum atomic E-state index is -1.58. The fourth-order valence-corrected chi connectivity index (χ4v) is 12.1. The van der Waals surface area contributed by atoms with Crippen molar-refractivity contribution in [3.63, 3.8) is 0 Å². The van der Waals surface area contributed by atoms with Gasteiger partial charge in [0.2, 0.25) is 0 Å². The van der Waals surface area contributed by atoms with E-state index in [2.05, 4.69) is 13.8 Å². The minimum absolute atomic E-state index is 0.0753. The van der Waals surface area contributed by atoms with Gasteiger partial charge in [0, 0.05) is 31.3 Å². The Hall–Kier alpha value is -0.560. The molecular weight excluding hydrogens is 680 g/mol. The van der Waals surface area contributed by atoms with Gasteiger partial charge in [0.1, 0.15) is 36.6 Å². The van der Waals surface area contributed by atoms with E-state index in [0.717, 1.165) is 12.8 Å². The number of rotatable bonds is 11. The van der Waals surface area contributed by atoms with Crippen molar-refractivity contribution in [2.24, 2.45) is 40.4 Å². The number of hydrogen-bond acceptors (Lipinski definition) is 14. The summed E-state index contributed by atoms with van der Waals surface area (Å²) in [5.74, 6) is -0.571. The van der Waals surface area contributed by atoms with Crippen molar-refractivity contribution in [2.45, 2.75) is 177 Å². The van der Waals surface area contributed by atoms with Gasteiger partial charge in [0.15, 0.2) is 12.6 Å². The van der Waals surface area contributed by atoms with Crippen LogP contribution in [0.1, 0.15) is 92.4 Å². The van der Waals surface area contributed by atoms with Gasteiger partial charge in [0.05, 0.1) is 48.8 Å². The molecule has 0 radical (unpaired) electrons. The maximum atomic E-state index is 12.8. The van der Waals surface area contributed by atoms with Gasteiger partial charge in [-0.2, -0.15) is 0 Å². The monoisotopic (exact) mass is 746 g/mol. The molecule has 2 saturated heterocycles. The zero-order valence-electron chi connectivity index (χ0n) is 31.7. The first kappa shape index (κ1) is 41.1. The van der Waals surface area contributed by atoms with Crippen LogP contribution in [0.25, 0.3) is 0 Å². The van der Waals surface area contributed by atoms with Crippen LogP contribution in [0.3, 0.4) is 0 Å². The van der Waals surface area contributed by atoms with E-state index in [1.165, 1.54) is 7.11 Å². The highest BCUT2D eigenvalue weighted by atomic mass is 16.7. The zero-order chi connectivity index (χ0) is 38.1. The Morgan fingerprint density at radius 3 is 2.19 bits per heavy atom. The van der Waals surface area contributed by atoms with Crippen LogP contribution in [0, 0.1) is 40.4 Å². The Morgan fingerprint density at radius 1 is 0.846 bits per heavy atom. The number of aliphatic hydroxyl groups excluding tert-OH is 7. The van der Waals surface area contributed by atoms with Gasteiger partial charge in [-0.25, -0.2) is 0 Å². The van der Waals surface area contributed by atoms with E-state index in [1.54, 1.807) is 0 Å². The van der Waals surface area contributed by atoms with E-state index < -0.39 is 102 Å². The molecule has 6 fully saturated rings. The van der Waals surface area contributed by atoms with E-state index >= 15 is 0 Å². The van der Waals surface area contributed by atoms with Gasteiger partial charge in [-0.3, -0.25) is 0 Å². The lowest BCUT2D eigenvalue weighted by Gasteiger charge is -2.68. The number of hydrogen-bond donors (Lipinski definition) is 9. The first-order chi connectivity index (χ1) is 24.4. The van der Waals surface area contributed by atoms with Gasteiger partial charge in [-0.05, 0) is 74.0 Å². The smallest absolute Gasteiger partial charge is 0.186 e. The third kappa shape index (κ3) is 6.61. The summed E-state index contributed by atoms with van der Waals surface area (Å²) in [5, 5.41) is 99.5. The number of fused-ring (bicyclic) bond motifs is 5. The van der Waals surface area contributed by atoms with Crippen molar-refractivity contribution >= 4 is 0 Å². The molecular formula is C38H66O14. The second-order valence-corrected chi connectivity index (χ2v) is 18.2. The molecule has 0 bridgehead atoms. The summed E-state index contributed by atoms with van der Waals surface area (Å²) in [4.78, 5) is 0. The van der Waals surface area contributed by atoms with Gasteiger partial charge in [-0.15, -0.1) is 0 Å². The summed E-state index contributed by atoms with van der Waals surface area (Å²) >= 11 is 0. The molecule has 0 amide bonds. The van der Waals surface area contributed by atoms with E-state index in [1.807, 2.05) is 20.8 Å². The van der Waals surface area contributed by atoms with Crippen molar-refractivity contribution in [1.29, 1.82) is 0 Å². The molecule has 0 aromatic heterocycles. The maximum Gasteiger partial charge on any atom is 0.186 e. The summed E-state index contributed by atoms with van der Waals surface area (Å²) in [5.41, 5.74) is -4.29. The van der Waals surface area contributed by atoms with Crippen LogP contribution in [0.4, 0.5) is 0 Å². The molecule has 14 heteroatoms. The molecule has 0 aromatic rings. The lowest BCUT2D eigenvalue weighted by molar-refractivity contribution is -0.333. The van der Waals surface area contributed by atoms with Crippen molar-refractivity contribution in [3.05, 3.63) is 0 Å². The Balaban J connectivity index is 1.14. The molecule has 302 valence electrons. The van der Waals surface area contributed by atoms with Crippen LogP contribution in [0.5, 0.6) is 0 Å². The fraction of sp³-hybridized carbons (Fsp3) is 1.00. The topological polar surface area (TPSA) is 228 Å². The quantitative estimate of drug-likeness (QED) is 0.129. The second kappa shape index (κ2) is 15.1. The van der Waals surface area contributed by atoms with E-state index in [-0.39, 0.29) is 49.2 Å². The summed E-state index contributed by atoms with van der Waals surface area (Å²) < 4.78 is 29.0. The SMILES string of the molecule is CO[C@H]1[C@H](O[C@H]2CC[C@]3(C)[C@H]4CC[C@]5(C)[C@@H]([C@H](C)CC[C@H](O[C@H]6O[C@H](CO)[C@@H](O)[C@@H]6O)C(C)C)C[C@H](O)[C@H]5[C@]4(O)C[C@@H](O)[C@@]3(O)C2)OC[C@@H](O)[C@@H]1O. The van der Waals surface area contributed by atoms with Crippen molar-refractivity contribution in [3.8, 4) is 0 Å². The minimum Gasteiger partial charge on any atom is -0.394 e. The van der Waals surface area contributed by atoms with Gasteiger partial charge in [-0.1, -0.05) is 34.6 Å². The van der Waals surface area contributed by atoms with Crippen molar-refractivity contribution in [1.82, 2.24) is 0 Å². The van der Waals surface area contributed by atoms with Crippen LogP contribution in [0.2, 0.25) is 0 Å². The molecule has 52 heavy (non-hydrogen) atoms. The first-order valence-electron chi connectivity index (χ1n) is 19.6. The van der Waals surface area contributed by atoms with Crippen LogP contribution >= 0.6 is 0 Å². The van der Waals surface area contributed by atoms with E-state index in [9.17, 15) is 46.0 Å². The molecule has 2 heterocycles. The number of ether oxygens (including phenoxy) is 5. The van der Waals surface area contributed by atoms with Gasteiger partial charge < -0.3 is 69.6 Å². The summed E-state index contributed by atoms with van der Waals surface area (Å²) in [7, 11) is 1.40. The summed E-state index contributed by atoms with van der Waals surface area (Å²) in [6.07, 6.45) is -7.24. The highest BCUT2D eigenvalue weighted by Crippen LogP contribution is 2.70. The van der Waals surface area contributed by atoms with E-state index in [0.29, 0.717) is 32.1 Å². The molecule has 14 nitrogen and oxygen atoms in total. The average molecular weight is 747 g/mol. The van der Waals surface area contributed by atoms with Crippen molar-refractivity contribution < 1.29 is 69.6 Å². The molecule has 4 aliphatic carbocycles. The Kier molecular flexibility index (Phi) is 11.9. The molecule has 0 spiro atoms. The number of methoxy groups -OCH3 is 1. The number of aliphatic hydroxyl groups is 9. The third-order valence-corrected chi connectivity index (χ3v) is 15.1. The predicted octanol–water partition coefficient (Wildman–Crippen LogP) is 0.192. The molecule has 6 aliphatic rings. The molecule has 0 aromatic carbocycles. The Morgan fingerprint density at radius 2 is 1.56 bits per heavy atom. The fourth-order valence-electron chi connectivity index (χ4n) is 12.1. The van der Waals surface area contributed by atoms with Crippen LogP contribution in [-0.4, -0.2) is 151 Å². The van der Waals surface area contributed by atoms with Crippen molar-refractivity contribution in [2.75, 3.05) is 20.3 Å². The zero-order valence-corrected chi connectivity index (χ0v) is 31.7. The second-order valence-electron chi connectivity index (χ2n) is 18.2.